The van der Waals surface area contributed by atoms with Crippen molar-refractivity contribution < 1.29 is 19.0 Å². The fourth-order valence-electron chi connectivity index (χ4n) is 1.10. The van der Waals surface area contributed by atoms with Crippen LogP contribution in [0.15, 0.2) is 18.2 Å². The first-order chi connectivity index (χ1) is 7.83. The smallest absolute Gasteiger partial charge is 0.309 e. The second-order valence-electron chi connectivity index (χ2n) is 4.36. The first-order valence-corrected chi connectivity index (χ1v) is 5.52. The molecule has 1 aromatic carbocycles. The third kappa shape index (κ3) is 3.89. The van der Waals surface area contributed by atoms with Crippen LogP contribution in [0, 0.1) is 11.2 Å². The number of benzene rings is 1. The number of carboxylic acid groups (broad SMARTS) is 1. The molecule has 0 aromatic heterocycles. The summed E-state index contributed by atoms with van der Waals surface area (Å²) in [4.78, 5) is 10.8. The van der Waals surface area contributed by atoms with Gasteiger partial charge in [-0.25, -0.2) is 4.39 Å². The van der Waals surface area contributed by atoms with Gasteiger partial charge in [-0.2, -0.15) is 0 Å². The van der Waals surface area contributed by atoms with Crippen molar-refractivity contribution in [1.82, 2.24) is 0 Å². The van der Waals surface area contributed by atoms with E-state index in [0.29, 0.717) is 12.2 Å². The van der Waals surface area contributed by atoms with E-state index in [1.807, 2.05) is 0 Å². The van der Waals surface area contributed by atoms with Gasteiger partial charge in [0, 0.05) is 6.07 Å². The Morgan fingerprint density at radius 3 is 2.71 bits per heavy atom. The Kier molecular flexibility index (Phi) is 4.34. The van der Waals surface area contributed by atoms with E-state index in [9.17, 15) is 9.18 Å². The molecule has 0 saturated carbocycles. The molecule has 0 spiro atoms. The Labute approximate surface area is 104 Å². The molecule has 5 heteroatoms. The van der Waals surface area contributed by atoms with E-state index in [-0.39, 0.29) is 11.6 Å². The second-order valence-corrected chi connectivity index (χ2v) is 4.77. The Morgan fingerprint density at radius 2 is 2.18 bits per heavy atom. The highest BCUT2D eigenvalue weighted by Gasteiger charge is 2.26. The molecule has 0 radical (unpaired) electrons. The van der Waals surface area contributed by atoms with Crippen LogP contribution in [0.1, 0.15) is 20.3 Å². The van der Waals surface area contributed by atoms with Crippen LogP contribution in [0.4, 0.5) is 4.39 Å². The second kappa shape index (κ2) is 5.36. The summed E-state index contributed by atoms with van der Waals surface area (Å²) in [5, 5.41) is 8.88. The van der Waals surface area contributed by atoms with Crippen molar-refractivity contribution in [3.63, 3.8) is 0 Å². The molecule has 0 unspecified atom stereocenters. The lowest BCUT2D eigenvalue weighted by Gasteiger charge is -2.18. The van der Waals surface area contributed by atoms with Crippen LogP contribution in [0.2, 0.25) is 5.02 Å². The van der Waals surface area contributed by atoms with Gasteiger partial charge in [-0.1, -0.05) is 11.6 Å². The first-order valence-electron chi connectivity index (χ1n) is 5.14. The quantitative estimate of drug-likeness (QED) is 0.883. The van der Waals surface area contributed by atoms with Gasteiger partial charge < -0.3 is 9.84 Å². The summed E-state index contributed by atoms with van der Waals surface area (Å²) in [7, 11) is 0. The normalized spacial score (nSPS) is 11.3. The van der Waals surface area contributed by atoms with Crippen molar-refractivity contribution in [3.8, 4) is 5.75 Å². The summed E-state index contributed by atoms with van der Waals surface area (Å²) < 4.78 is 18.2. The van der Waals surface area contributed by atoms with Gasteiger partial charge in [0.2, 0.25) is 0 Å². The number of hydrogen-bond acceptors (Lipinski definition) is 2. The number of carboxylic acids is 1. The zero-order chi connectivity index (χ0) is 13.1. The van der Waals surface area contributed by atoms with E-state index in [1.165, 1.54) is 18.2 Å². The molecule has 0 saturated heterocycles. The Bertz CT molecular complexity index is 418. The zero-order valence-corrected chi connectivity index (χ0v) is 10.4. The summed E-state index contributed by atoms with van der Waals surface area (Å²) in [5.41, 5.74) is -0.843. The molecule has 0 bridgehead atoms. The molecule has 1 rings (SSSR count). The summed E-state index contributed by atoms with van der Waals surface area (Å²) >= 11 is 5.58. The number of halogens is 2. The maximum atomic E-state index is 12.9. The van der Waals surface area contributed by atoms with E-state index in [1.54, 1.807) is 13.8 Å². The third-order valence-electron chi connectivity index (χ3n) is 2.47. The highest BCUT2D eigenvalue weighted by molar-refractivity contribution is 6.30. The summed E-state index contributed by atoms with van der Waals surface area (Å²) in [6.07, 6.45) is 0.358. The van der Waals surface area contributed by atoms with Crippen molar-refractivity contribution in [1.29, 1.82) is 0 Å². The van der Waals surface area contributed by atoms with Gasteiger partial charge in [-0.3, -0.25) is 4.79 Å². The fourth-order valence-corrected chi connectivity index (χ4v) is 1.27. The molecule has 3 nitrogen and oxygen atoms in total. The molecule has 0 aliphatic rings. The van der Waals surface area contributed by atoms with Gasteiger partial charge in [0.15, 0.2) is 0 Å². The van der Waals surface area contributed by atoms with Crippen molar-refractivity contribution in [2.45, 2.75) is 20.3 Å². The average molecular weight is 261 g/mol. The minimum atomic E-state index is -0.877. The molecule has 1 N–H and O–H groups in total. The zero-order valence-electron chi connectivity index (χ0n) is 9.67. The van der Waals surface area contributed by atoms with Crippen molar-refractivity contribution in [2.24, 2.45) is 5.41 Å². The number of rotatable bonds is 5. The van der Waals surface area contributed by atoms with Crippen LogP contribution in [-0.4, -0.2) is 17.7 Å². The Hall–Kier alpha value is -1.29. The largest absolute Gasteiger partial charge is 0.494 e. The predicted octanol–water partition coefficient (Wildman–Crippen LogP) is 3.36. The molecule has 17 heavy (non-hydrogen) atoms. The number of ether oxygens (including phenoxy) is 1. The lowest BCUT2D eigenvalue weighted by molar-refractivity contribution is -0.147. The van der Waals surface area contributed by atoms with Crippen LogP contribution < -0.4 is 4.74 Å². The van der Waals surface area contributed by atoms with Crippen molar-refractivity contribution in [3.05, 3.63) is 29.0 Å². The maximum absolute atomic E-state index is 12.9. The Morgan fingerprint density at radius 1 is 1.53 bits per heavy atom. The third-order valence-corrected chi connectivity index (χ3v) is 2.76. The number of hydrogen-bond donors (Lipinski definition) is 1. The molecule has 1 aromatic rings. The molecule has 0 amide bonds. The van der Waals surface area contributed by atoms with Crippen molar-refractivity contribution >= 4 is 17.6 Å². The van der Waals surface area contributed by atoms with E-state index in [2.05, 4.69) is 0 Å². The van der Waals surface area contributed by atoms with Crippen LogP contribution in [0.25, 0.3) is 0 Å². The molecular formula is C12H14ClFO3. The van der Waals surface area contributed by atoms with Crippen LogP contribution in [0.5, 0.6) is 5.75 Å². The van der Waals surface area contributed by atoms with Crippen LogP contribution in [0.3, 0.4) is 0 Å². The van der Waals surface area contributed by atoms with Gasteiger partial charge in [0.1, 0.15) is 11.6 Å². The fraction of sp³-hybridized carbons (Fsp3) is 0.417. The standard InChI is InChI=1S/C12H14ClFO3/c1-12(2,11(15)16)5-6-17-8-3-4-10(14)9(13)7-8/h3-4,7H,5-6H2,1-2H3,(H,15,16). The maximum Gasteiger partial charge on any atom is 0.309 e. The van der Waals surface area contributed by atoms with Gasteiger partial charge in [0.25, 0.3) is 0 Å². The van der Waals surface area contributed by atoms with E-state index in [4.69, 9.17) is 21.4 Å². The summed E-state index contributed by atoms with van der Waals surface area (Å²) in [6, 6.07) is 4.03. The molecule has 0 atom stereocenters. The van der Waals surface area contributed by atoms with Crippen molar-refractivity contribution in [2.75, 3.05) is 6.61 Å². The van der Waals surface area contributed by atoms with Gasteiger partial charge >= 0.3 is 5.97 Å². The lowest BCUT2D eigenvalue weighted by Crippen LogP contribution is -2.25. The minimum Gasteiger partial charge on any atom is -0.494 e. The SMILES string of the molecule is CC(C)(CCOc1ccc(F)c(Cl)c1)C(=O)O. The molecular weight excluding hydrogens is 247 g/mol. The first kappa shape index (κ1) is 13.8. The summed E-state index contributed by atoms with van der Waals surface area (Å²) in [5.74, 6) is -0.958. The Balaban J connectivity index is 2.51. The summed E-state index contributed by atoms with van der Waals surface area (Å²) in [6.45, 7) is 3.48. The predicted molar refractivity (Wildman–Crippen MR) is 62.9 cm³/mol. The molecule has 0 fully saturated rings. The van der Waals surface area contributed by atoms with Crippen LogP contribution in [-0.2, 0) is 4.79 Å². The van der Waals surface area contributed by atoms with Gasteiger partial charge in [-0.15, -0.1) is 0 Å². The lowest BCUT2D eigenvalue weighted by atomic mass is 9.90. The monoisotopic (exact) mass is 260 g/mol. The molecule has 0 aliphatic carbocycles. The van der Waals surface area contributed by atoms with Gasteiger partial charge in [-0.05, 0) is 32.4 Å². The molecule has 94 valence electrons. The van der Waals surface area contributed by atoms with E-state index < -0.39 is 17.2 Å². The van der Waals surface area contributed by atoms with E-state index in [0.717, 1.165) is 0 Å². The number of carbonyl (C=O) groups is 1. The molecule has 0 heterocycles. The van der Waals surface area contributed by atoms with Crippen LogP contribution >= 0.6 is 11.6 Å². The molecule has 0 aliphatic heterocycles. The van der Waals surface area contributed by atoms with E-state index >= 15 is 0 Å². The average Bonchev–Trinajstić information content (AvgIpc) is 2.23. The highest BCUT2D eigenvalue weighted by Crippen LogP contribution is 2.24. The topological polar surface area (TPSA) is 46.5 Å². The highest BCUT2D eigenvalue weighted by atomic mass is 35.5. The minimum absolute atomic E-state index is 0.0139. The van der Waals surface area contributed by atoms with Gasteiger partial charge in [0.05, 0.1) is 17.0 Å². The number of aliphatic carboxylic acids is 1.